The van der Waals surface area contributed by atoms with E-state index < -0.39 is 14.1 Å². The molecule has 0 aromatic rings. The van der Waals surface area contributed by atoms with Crippen LogP contribution in [0.2, 0.25) is 0 Å². The molecule has 0 aliphatic heterocycles. The second-order valence-electron chi connectivity index (χ2n) is 6.84. The van der Waals surface area contributed by atoms with Gasteiger partial charge in [-0.3, -0.25) is 13.6 Å². The van der Waals surface area contributed by atoms with Gasteiger partial charge in [-0.1, -0.05) is 73.1 Å². The van der Waals surface area contributed by atoms with Crippen molar-refractivity contribution in [2.24, 2.45) is 11.8 Å². The molecular weight excluding hydrogens is 339 g/mol. The van der Waals surface area contributed by atoms with Crippen molar-refractivity contribution in [1.29, 1.82) is 0 Å². The molecule has 0 amide bonds. The fraction of sp³-hybridized carbons (Fsp3) is 1.00. The molecule has 6 heteroatoms. The maximum absolute atomic E-state index is 12.9. The zero-order valence-electron chi connectivity index (χ0n) is 17.0. The van der Waals surface area contributed by atoms with E-state index >= 15 is 0 Å². The first-order valence-corrected chi connectivity index (χ1v) is 11.7. The summed E-state index contributed by atoms with van der Waals surface area (Å²) in [5.74, 6) is 0.669. The molecule has 0 aliphatic rings. The van der Waals surface area contributed by atoms with E-state index in [1.165, 1.54) is 0 Å². The minimum atomic E-state index is -3.74. The number of aliphatic hydroxyl groups is 1. The van der Waals surface area contributed by atoms with Crippen LogP contribution in [0.3, 0.4) is 0 Å². The highest BCUT2D eigenvalue weighted by molar-refractivity contribution is 7.48. The second-order valence-corrected chi connectivity index (χ2v) is 8.46. The van der Waals surface area contributed by atoms with Gasteiger partial charge in [0, 0.05) is 0 Å². The summed E-state index contributed by atoms with van der Waals surface area (Å²) in [5, 5.41) is 9.77. The van der Waals surface area contributed by atoms with Gasteiger partial charge in [0.15, 0.2) is 6.29 Å². The summed E-state index contributed by atoms with van der Waals surface area (Å²) in [7, 11) is -3.74. The lowest BCUT2D eigenvalue weighted by Gasteiger charge is -2.24. The van der Waals surface area contributed by atoms with Crippen LogP contribution in [0.1, 0.15) is 92.4 Å². The van der Waals surface area contributed by atoms with Crippen molar-refractivity contribution in [2.45, 2.75) is 98.7 Å². The molecule has 0 spiro atoms. The Morgan fingerprint density at radius 2 is 1.24 bits per heavy atom. The molecular formula is C19H41O5P. The Balaban J connectivity index is 4.72. The highest BCUT2D eigenvalue weighted by Crippen LogP contribution is 2.51. The Labute approximate surface area is 155 Å². The van der Waals surface area contributed by atoms with Gasteiger partial charge in [0.05, 0.1) is 13.2 Å². The molecule has 0 aromatic heterocycles. The van der Waals surface area contributed by atoms with Crippen LogP contribution < -0.4 is 0 Å². The van der Waals surface area contributed by atoms with Crippen molar-refractivity contribution in [1.82, 2.24) is 0 Å². The lowest BCUT2D eigenvalue weighted by atomic mass is 10.0. The van der Waals surface area contributed by atoms with Crippen LogP contribution in [-0.2, 0) is 18.1 Å². The van der Waals surface area contributed by atoms with E-state index in [2.05, 4.69) is 27.7 Å². The molecule has 3 atom stereocenters. The van der Waals surface area contributed by atoms with Crippen LogP contribution >= 0.6 is 7.82 Å². The van der Waals surface area contributed by atoms with E-state index in [1.807, 2.05) is 0 Å². The molecule has 5 nitrogen and oxygen atoms in total. The van der Waals surface area contributed by atoms with Gasteiger partial charge in [-0.05, 0) is 31.1 Å². The minimum absolute atomic E-state index is 0.335. The average Bonchev–Trinajstić information content (AvgIpc) is 2.62. The third-order valence-electron chi connectivity index (χ3n) is 4.62. The Hall–Kier alpha value is 0.0700. The third kappa shape index (κ3) is 12.1. The molecule has 1 N–H and O–H groups in total. The van der Waals surface area contributed by atoms with Gasteiger partial charge in [-0.15, -0.1) is 0 Å². The number of hydrogen-bond donors (Lipinski definition) is 1. The normalized spacial score (nSPS) is 17.8. The topological polar surface area (TPSA) is 65.0 Å². The Morgan fingerprint density at radius 1 is 0.800 bits per heavy atom. The molecule has 0 radical (unpaired) electrons. The molecule has 0 fully saturated rings. The van der Waals surface area contributed by atoms with E-state index in [-0.39, 0.29) is 0 Å². The van der Waals surface area contributed by atoms with Crippen LogP contribution in [0.15, 0.2) is 0 Å². The van der Waals surface area contributed by atoms with Crippen molar-refractivity contribution in [3.05, 3.63) is 0 Å². The fourth-order valence-electron chi connectivity index (χ4n) is 2.51. The summed E-state index contributed by atoms with van der Waals surface area (Å²) in [5.41, 5.74) is 0. The number of phosphoric ester groups is 1. The minimum Gasteiger partial charge on any atom is -0.367 e. The van der Waals surface area contributed by atoms with Gasteiger partial charge < -0.3 is 5.11 Å². The van der Waals surface area contributed by atoms with Crippen molar-refractivity contribution in [3.8, 4) is 0 Å². The Kier molecular flexibility index (Phi) is 15.2. The molecule has 152 valence electrons. The van der Waals surface area contributed by atoms with Gasteiger partial charge in [0.25, 0.3) is 0 Å². The summed E-state index contributed by atoms with van der Waals surface area (Å²) < 4.78 is 29.4. The zero-order valence-corrected chi connectivity index (χ0v) is 17.9. The van der Waals surface area contributed by atoms with Crippen molar-refractivity contribution >= 4 is 7.82 Å². The van der Waals surface area contributed by atoms with Crippen LogP contribution in [0.5, 0.6) is 0 Å². The van der Waals surface area contributed by atoms with Gasteiger partial charge in [-0.25, -0.2) is 4.57 Å². The molecule has 0 rings (SSSR count). The summed E-state index contributed by atoms with van der Waals surface area (Å²) in [6.07, 6.45) is 7.73. The molecule has 0 saturated heterocycles. The highest BCUT2D eigenvalue weighted by atomic mass is 31.2. The number of aliphatic hydroxyl groups excluding tert-OH is 1. The van der Waals surface area contributed by atoms with E-state index in [0.717, 1.165) is 51.4 Å². The second kappa shape index (κ2) is 15.2. The monoisotopic (exact) mass is 380 g/mol. The highest BCUT2D eigenvalue weighted by Gasteiger charge is 2.31. The van der Waals surface area contributed by atoms with Crippen LogP contribution in [0.25, 0.3) is 0 Å². The summed E-state index contributed by atoms with van der Waals surface area (Å²) in [4.78, 5) is 0. The molecule has 25 heavy (non-hydrogen) atoms. The quantitative estimate of drug-likeness (QED) is 0.237. The first-order valence-electron chi connectivity index (χ1n) is 10.2. The molecule has 0 aliphatic carbocycles. The number of unbranched alkanes of at least 4 members (excludes halogenated alkanes) is 2. The van der Waals surface area contributed by atoms with E-state index in [9.17, 15) is 9.67 Å². The van der Waals surface area contributed by atoms with Gasteiger partial charge in [0.2, 0.25) is 0 Å². The van der Waals surface area contributed by atoms with Crippen LogP contribution in [0.4, 0.5) is 0 Å². The van der Waals surface area contributed by atoms with Gasteiger partial charge >= 0.3 is 7.82 Å². The predicted molar refractivity (Wildman–Crippen MR) is 104 cm³/mol. The summed E-state index contributed by atoms with van der Waals surface area (Å²) in [6.45, 7) is 11.0. The number of hydrogen-bond acceptors (Lipinski definition) is 5. The van der Waals surface area contributed by atoms with Gasteiger partial charge in [-0.2, -0.15) is 0 Å². The lowest BCUT2D eigenvalue weighted by Crippen LogP contribution is -2.17. The number of phosphoric acid groups is 1. The zero-order chi connectivity index (χ0) is 19.1. The van der Waals surface area contributed by atoms with Crippen molar-refractivity contribution in [2.75, 3.05) is 13.2 Å². The molecule has 0 aromatic carbocycles. The third-order valence-corrected chi connectivity index (χ3v) is 6.06. The molecule has 0 saturated carbocycles. The SMILES string of the molecule is CCCCC(CC)COP(=O)(OCC(CC)CCCC)OC(O)CC. The summed E-state index contributed by atoms with van der Waals surface area (Å²) in [6, 6.07) is 0. The summed E-state index contributed by atoms with van der Waals surface area (Å²) >= 11 is 0. The first kappa shape index (κ1) is 25.1. The average molecular weight is 381 g/mol. The molecule has 3 unspecified atom stereocenters. The van der Waals surface area contributed by atoms with E-state index in [0.29, 0.717) is 31.5 Å². The standard InChI is InChI=1S/C19H41O5P/c1-6-11-13-17(8-3)15-22-25(21,24-19(20)10-5)23-16-18(9-4)14-12-7-2/h17-20H,6-16H2,1-5H3. The predicted octanol–water partition coefficient (Wildman–Crippen LogP) is 6.31. The van der Waals surface area contributed by atoms with E-state index in [4.69, 9.17) is 13.6 Å². The molecule has 0 bridgehead atoms. The maximum Gasteiger partial charge on any atom is 0.477 e. The van der Waals surface area contributed by atoms with Crippen molar-refractivity contribution in [3.63, 3.8) is 0 Å². The molecule has 0 heterocycles. The Morgan fingerprint density at radius 3 is 1.56 bits per heavy atom. The fourth-order valence-corrected chi connectivity index (χ4v) is 3.94. The number of rotatable bonds is 17. The maximum atomic E-state index is 12.9. The smallest absolute Gasteiger partial charge is 0.367 e. The van der Waals surface area contributed by atoms with Crippen LogP contribution in [-0.4, -0.2) is 24.6 Å². The van der Waals surface area contributed by atoms with E-state index in [1.54, 1.807) is 6.92 Å². The lowest BCUT2D eigenvalue weighted by molar-refractivity contribution is -0.0537. The first-order chi connectivity index (χ1) is 11.9. The largest absolute Gasteiger partial charge is 0.477 e. The van der Waals surface area contributed by atoms with Crippen LogP contribution in [0, 0.1) is 11.8 Å². The Bertz CT molecular complexity index is 327. The van der Waals surface area contributed by atoms with Crippen molar-refractivity contribution < 1.29 is 23.2 Å². The van der Waals surface area contributed by atoms with Gasteiger partial charge in [0.1, 0.15) is 0 Å².